The van der Waals surface area contributed by atoms with E-state index in [4.69, 9.17) is 27.9 Å². The van der Waals surface area contributed by atoms with E-state index in [1.165, 1.54) is 22.2 Å². The average Bonchev–Trinajstić information content (AvgIpc) is 2.99. The van der Waals surface area contributed by atoms with E-state index in [2.05, 4.69) is 4.98 Å². The summed E-state index contributed by atoms with van der Waals surface area (Å²) < 4.78 is 6.42. The summed E-state index contributed by atoms with van der Waals surface area (Å²) in [6, 6.07) is 5.15. The summed E-state index contributed by atoms with van der Waals surface area (Å²) in [6.45, 7) is 2.23. The van der Waals surface area contributed by atoms with Gasteiger partial charge in [-0.3, -0.25) is 9.36 Å². The van der Waals surface area contributed by atoms with Gasteiger partial charge in [-0.15, -0.1) is 11.3 Å². The summed E-state index contributed by atoms with van der Waals surface area (Å²) in [6.07, 6.45) is 1.46. The van der Waals surface area contributed by atoms with Crippen molar-refractivity contribution in [2.24, 2.45) is 0 Å². The second kappa shape index (κ2) is 6.93. The minimum Gasteiger partial charge on any atom is -0.462 e. The van der Waals surface area contributed by atoms with Gasteiger partial charge in [0.25, 0.3) is 5.56 Å². The van der Waals surface area contributed by atoms with Crippen molar-refractivity contribution in [3.8, 4) is 0 Å². The Labute approximate surface area is 151 Å². The Morgan fingerprint density at radius 2 is 2.12 bits per heavy atom. The molecule has 3 rings (SSSR count). The lowest BCUT2D eigenvalue weighted by atomic mass is 10.2. The lowest BCUT2D eigenvalue weighted by Gasteiger charge is -2.07. The zero-order valence-corrected chi connectivity index (χ0v) is 14.9. The maximum Gasteiger partial charge on any atom is 0.339 e. The molecule has 5 nitrogen and oxygen atoms in total. The number of benzene rings is 1. The van der Waals surface area contributed by atoms with E-state index in [-0.39, 0.29) is 29.7 Å². The summed E-state index contributed by atoms with van der Waals surface area (Å²) in [5.74, 6) is -0.519. The monoisotopic (exact) mass is 382 g/mol. The van der Waals surface area contributed by atoms with Crippen LogP contribution >= 0.6 is 34.5 Å². The molecule has 0 aliphatic rings. The largest absolute Gasteiger partial charge is 0.462 e. The number of rotatable bonds is 4. The molecule has 0 amide bonds. The Kier molecular flexibility index (Phi) is 4.89. The molecule has 0 saturated heterocycles. The number of aromatic nitrogens is 2. The Balaban J connectivity index is 2.04. The zero-order valence-electron chi connectivity index (χ0n) is 12.6. The molecule has 0 aliphatic heterocycles. The van der Waals surface area contributed by atoms with Gasteiger partial charge in [-0.2, -0.15) is 0 Å². The highest BCUT2D eigenvalue weighted by atomic mass is 35.5. The lowest BCUT2D eigenvalue weighted by molar-refractivity contribution is 0.0529. The predicted octanol–water partition coefficient (Wildman–Crippen LogP) is 3.99. The molecule has 0 bridgehead atoms. The lowest BCUT2D eigenvalue weighted by Crippen LogP contribution is -2.22. The fraction of sp³-hybridized carbons (Fsp3) is 0.188. The standard InChI is InChI=1S/C16H12Cl2N2O3S/c1-2-23-16(22)10-7-24-14-13(10)15(21)20(8-19-14)6-9-3-4-11(17)12(18)5-9/h3-5,7-8H,2,6H2,1H3. The van der Waals surface area contributed by atoms with E-state index >= 15 is 0 Å². The van der Waals surface area contributed by atoms with Crippen LogP contribution in [0.2, 0.25) is 10.0 Å². The maximum atomic E-state index is 12.7. The van der Waals surface area contributed by atoms with Crippen molar-refractivity contribution in [1.29, 1.82) is 0 Å². The van der Waals surface area contributed by atoms with E-state index in [1.54, 1.807) is 30.5 Å². The minimum absolute atomic E-state index is 0.244. The first-order valence-corrected chi connectivity index (χ1v) is 8.72. The fourth-order valence-corrected chi connectivity index (χ4v) is 3.46. The molecule has 0 aliphatic carbocycles. The smallest absolute Gasteiger partial charge is 0.339 e. The normalized spacial score (nSPS) is 11.0. The molecule has 2 heterocycles. The molecule has 0 atom stereocenters. The summed E-state index contributed by atoms with van der Waals surface area (Å²) in [7, 11) is 0. The molecule has 0 radical (unpaired) electrons. The molecule has 24 heavy (non-hydrogen) atoms. The van der Waals surface area contributed by atoms with Gasteiger partial charge in [0, 0.05) is 5.38 Å². The van der Waals surface area contributed by atoms with Crippen molar-refractivity contribution < 1.29 is 9.53 Å². The first kappa shape index (κ1) is 17.0. The number of esters is 1. The van der Waals surface area contributed by atoms with E-state index < -0.39 is 5.97 Å². The maximum absolute atomic E-state index is 12.7. The van der Waals surface area contributed by atoms with Crippen molar-refractivity contribution in [1.82, 2.24) is 9.55 Å². The third kappa shape index (κ3) is 3.17. The number of hydrogen-bond donors (Lipinski definition) is 0. The van der Waals surface area contributed by atoms with Gasteiger partial charge in [0.2, 0.25) is 0 Å². The van der Waals surface area contributed by atoms with Crippen LogP contribution in [0.15, 0.2) is 34.7 Å². The Morgan fingerprint density at radius 3 is 2.83 bits per heavy atom. The molecule has 3 aromatic rings. The highest BCUT2D eigenvalue weighted by Crippen LogP contribution is 2.24. The third-order valence-corrected chi connectivity index (χ3v) is 5.02. The van der Waals surface area contributed by atoms with Gasteiger partial charge in [0.1, 0.15) is 4.83 Å². The molecule has 0 spiro atoms. The first-order chi connectivity index (χ1) is 11.5. The van der Waals surface area contributed by atoms with Crippen LogP contribution in [0, 0.1) is 0 Å². The Morgan fingerprint density at radius 1 is 1.33 bits per heavy atom. The summed E-state index contributed by atoms with van der Waals surface area (Å²) in [5.41, 5.74) is 0.758. The van der Waals surface area contributed by atoms with Gasteiger partial charge in [-0.05, 0) is 24.6 Å². The fourth-order valence-electron chi connectivity index (χ4n) is 2.27. The molecule has 2 aromatic heterocycles. The number of thiophene rings is 1. The number of carbonyl (C=O) groups excluding carboxylic acids is 1. The minimum atomic E-state index is -0.519. The molecule has 0 unspecified atom stereocenters. The summed E-state index contributed by atoms with van der Waals surface area (Å²) >= 11 is 13.1. The highest BCUT2D eigenvalue weighted by Gasteiger charge is 2.18. The van der Waals surface area contributed by atoms with Gasteiger partial charge in [0.05, 0.1) is 40.5 Å². The second-order valence-electron chi connectivity index (χ2n) is 4.98. The average molecular weight is 383 g/mol. The number of carbonyl (C=O) groups is 1. The van der Waals surface area contributed by atoms with Crippen molar-refractivity contribution in [3.05, 3.63) is 61.4 Å². The molecular formula is C16H12Cl2N2O3S. The highest BCUT2D eigenvalue weighted by molar-refractivity contribution is 7.17. The van der Waals surface area contributed by atoms with Crippen LogP contribution in [0.4, 0.5) is 0 Å². The Hall–Kier alpha value is -1.89. The van der Waals surface area contributed by atoms with Gasteiger partial charge in [-0.25, -0.2) is 9.78 Å². The third-order valence-electron chi connectivity index (χ3n) is 3.39. The van der Waals surface area contributed by atoms with Gasteiger partial charge in [0.15, 0.2) is 0 Å². The quantitative estimate of drug-likeness (QED) is 0.640. The molecule has 8 heteroatoms. The number of halogens is 2. The van der Waals surface area contributed by atoms with Gasteiger partial charge in [-0.1, -0.05) is 29.3 Å². The first-order valence-electron chi connectivity index (χ1n) is 7.09. The van der Waals surface area contributed by atoms with Gasteiger partial charge >= 0.3 is 5.97 Å². The summed E-state index contributed by atoms with van der Waals surface area (Å²) in [5, 5.41) is 2.74. The van der Waals surface area contributed by atoms with Crippen LogP contribution in [0.25, 0.3) is 10.2 Å². The second-order valence-corrected chi connectivity index (χ2v) is 6.65. The molecule has 0 fully saturated rings. The van der Waals surface area contributed by atoms with Crippen molar-refractivity contribution in [2.45, 2.75) is 13.5 Å². The van der Waals surface area contributed by atoms with E-state index in [1.807, 2.05) is 0 Å². The predicted molar refractivity (Wildman–Crippen MR) is 95.4 cm³/mol. The van der Waals surface area contributed by atoms with Crippen molar-refractivity contribution in [3.63, 3.8) is 0 Å². The molecule has 1 aromatic carbocycles. The molecular weight excluding hydrogens is 371 g/mol. The van der Waals surface area contributed by atoms with Crippen molar-refractivity contribution >= 4 is 50.7 Å². The molecule has 0 saturated carbocycles. The number of nitrogens with zero attached hydrogens (tertiary/aromatic N) is 2. The van der Waals surface area contributed by atoms with Crippen LogP contribution in [-0.4, -0.2) is 22.1 Å². The van der Waals surface area contributed by atoms with E-state index in [0.717, 1.165) is 5.56 Å². The SMILES string of the molecule is CCOC(=O)c1csc2ncn(Cc3ccc(Cl)c(Cl)c3)c(=O)c12. The van der Waals surface area contributed by atoms with Gasteiger partial charge < -0.3 is 4.74 Å². The van der Waals surface area contributed by atoms with E-state index in [0.29, 0.717) is 14.9 Å². The van der Waals surface area contributed by atoms with Crippen LogP contribution < -0.4 is 5.56 Å². The summed E-state index contributed by atoms with van der Waals surface area (Å²) in [4.78, 5) is 29.5. The van der Waals surface area contributed by atoms with Crippen LogP contribution in [-0.2, 0) is 11.3 Å². The molecule has 0 N–H and O–H groups in total. The molecule has 124 valence electrons. The van der Waals surface area contributed by atoms with Crippen LogP contribution in [0.5, 0.6) is 0 Å². The van der Waals surface area contributed by atoms with Crippen LogP contribution in [0.1, 0.15) is 22.8 Å². The number of fused-ring (bicyclic) bond motifs is 1. The van der Waals surface area contributed by atoms with E-state index in [9.17, 15) is 9.59 Å². The zero-order chi connectivity index (χ0) is 17.3. The number of ether oxygens (including phenoxy) is 1. The Bertz CT molecular complexity index is 981. The topological polar surface area (TPSA) is 61.2 Å². The number of hydrogen-bond acceptors (Lipinski definition) is 5. The van der Waals surface area contributed by atoms with Crippen molar-refractivity contribution in [2.75, 3.05) is 6.61 Å². The van der Waals surface area contributed by atoms with Crippen LogP contribution in [0.3, 0.4) is 0 Å².